The lowest BCUT2D eigenvalue weighted by Crippen LogP contribution is -2.31. The van der Waals surface area contributed by atoms with Crippen LogP contribution < -0.4 is 9.80 Å². The number of para-hydroxylation sites is 1. The van der Waals surface area contributed by atoms with Crippen molar-refractivity contribution in [3.8, 4) is 11.1 Å². The van der Waals surface area contributed by atoms with E-state index in [0.717, 1.165) is 17.1 Å². The maximum Gasteiger partial charge on any atom is 0.0618 e. The Hall–Kier alpha value is -7.16. The molecule has 270 valence electrons. The Kier molecular flexibility index (Phi) is 7.55. The molecule has 0 unspecified atom stereocenters. The van der Waals surface area contributed by atoms with Crippen LogP contribution in [0, 0.1) is 0 Å². The lowest BCUT2D eigenvalue weighted by atomic mass is 9.73. The quantitative estimate of drug-likeness (QED) is 0.174. The molecule has 0 spiro atoms. The Labute approximate surface area is 333 Å². The van der Waals surface area contributed by atoms with E-state index in [-0.39, 0.29) is 5.41 Å². The van der Waals surface area contributed by atoms with E-state index in [1.54, 1.807) is 0 Å². The maximum absolute atomic E-state index is 2.55. The first-order valence-corrected chi connectivity index (χ1v) is 19.8. The van der Waals surface area contributed by atoms with Crippen LogP contribution >= 0.6 is 0 Å². The van der Waals surface area contributed by atoms with Crippen molar-refractivity contribution in [1.82, 2.24) is 0 Å². The molecule has 1 aliphatic heterocycles. The summed E-state index contributed by atoms with van der Waals surface area (Å²) in [4.78, 5) is 5.00. The average molecular weight is 729 g/mol. The van der Waals surface area contributed by atoms with E-state index in [4.69, 9.17) is 0 Å². The topological polar surface area (TPSA) is 6.48 Å². The Balaban J connectivity index is 1.18. The minimum Gasteiger partial charge on any atom is -0.310 e. The van der Waals surface area contributed by atoms with Crippen LogP contribution in [-0.4, -0.2) is 0 Å². The van der Waals surface area contributed by atoms with E-state index in [9.17, 15) is 0 Å². The van der Waals surface area contributed by atoms with Gasteiger partial charge in [-0.1, -0.05) is 172 Å². The summed E-state index contributed by atoms with van der Waals surface area (Å²) in [7, 11) is 0. The summed E-state index contributed by atoms with van der Waals surface area (Å²) in [6, 6.07) is 76.0. The first-order valence-electron chi connectivity index (χ1n) is 19.8. The lowest BCUT2D eigenvalue weighted by molar-refractivity contribution is 0.632. The predicted octanol–water partition coefficient (Wildman–Crippen LogP) is 15.5. The highest BCUT2D eigenvalue weighted by atomic mass is 15.2. The van der Waals surface area contributed by atoms with Crippen LogP contribution in [0.25, 0.3) is 54.2 Å². The molecule has 0 atom stereocenters. The molecule has 2 heteroatoms. The third kappa shape index (κ3) is 5.33. The van der Waals surface area contributed by atoms with Crippen LogP contribution in [0.2, 0.25) is 0 Å². The number of rotatable bonds is 5. The molecule has 57 heavy (non-hydrogen) atoms. The van der Waals surface area contributed by atoms with E-state index >= 15 is 0 Å². The van der Waals surface area contributed by atoms with Gasteiger partial charge in [0.05, 0.1) is 22.7 Å². The minimum absolute atomic E-state index is 0.292. The van der Waals surface area contributed by atoms with Crippen molar-refractivity contribution in [2.45, 2.75) is 19.3 Å². The molecular formula is C55H40N2. The second-order valence-corrected chi connectivity index (χ2v) is 15.8. The number of nitrogens with zero attached hydrogens (tertiary/aromatic N) is 2. The van der Waals surface area contributed by atoms with Gasteiger partial charge in [-0.15, -0.1) is 0 Å². The van der Waals surface area contributed by atoms with Gasteiger partial charge in [-0.3, -0.25) is 0 Å². The maximum atomic E-state index is 2.55. The number of anilines is 6. The van der Waals surface area contributed by atoms with Gasteiger partial charge in [0.1, 0.15) is 0 Å². The van der Waals surface area contributed by atoms with E-state index in [0.29, 0.717) is 0 Å². The fourth-order valence-corrected chi connectivity index (χ4v) is 9.30. The van der Waals surface area contributed by atoms with Crippen LogP contribution in [0.15, 0.2) is 206 Å². The van der Waals surface area contributed by atoms with E-state index in [1.165, 1.54) is 82.4 Å². The molecule has 10 aromatic rings. The normalized spacial score (nSPS) is 13.2. The molecule has 0 N–H and O–H groups in total. The summed E-state index contributed by atoms with van der Waals surface area (Å²) in [5.74, 6) is 0. The number of fused-ring (bicyclic) bond motifs is 6. The van der Waals surface area contributed by atoms with Gasteiger partial charge in [0.15, 0.2) is 0 Å². The van der Waals surface area contributed by atoms with Crippen molar-refractivity contribution < 1.29 is 0 Å². The zero-order valence-corrected chi connectivity index (χ0v) is 32.0. The summed E-state index contributed by atoms with van der Waals surface area (Å²) in [6.45, 7) is 4.77. The highest BCUT2D eigenvalue weighted by Gasteiger charge is 2.38. The van der Waals surface area contributed by atoms with Crippen LogP contribution in [0.3, 0.4) is 0 Å². The molecule has 0 radical (unpaired) electrons. The molecule has 0 saturated carbocycles. The Morgan fingerprint density at radius 2 is 0.930 bits per heavy atom. The molecule has 0 aromatic heterocycles. The molecule has 2 nitrogen and oxygen atoms in total. The fraction of sp³-hybridized carbons (Fsp3) is 0.0545. The molecule has 0 aliphatic carbocycles. The third-order valence-corrected chi connectivity index (χ3v) is 12.2. The lowest BCUT2D eigenvalue weighted by Gasteiger charge is -2.43. The summed E-state index contributed by atoms with van der Waals surface area (Å²) >= 11 is 0. The predicted molar refractivity (Wildman–Crippen MR) is 243 cm³/mol. The molecule has 11 rings (SSSR count). The Morgan fingerprint density at radius 3 is 1.72 bits per heavy atom. The smallest absolute Gasteiger partial charge is 0.0618 e. The zero-order valence-electron chi connectivity index (χ0n) is 32.0. The van der Waals surface area contributed by atoms with Gasteiger partial charge < -0.3 is 9.80 Å². The van der Waals surface area contributed by atoms with Gasteiger partial charge in [-0.2, -0.15) is 0 Å². The summed E-state index contributed by atoms with van der Waals surface area (Å²) in [6.07, 6.45) is 0. The molecule has 0 bridgehead atoms. The third-order valence-electron chi connectivity index (χ3n) is 12.2. The molecule has 0 fully saturated rings. The highest BCUT2D eigenvalue weighted by Crippen LogP contribution is 2.56. The van der Waals surface area contributed by atoms with E-state index in [1.807, 2.05) is 0 Å². The van der Waals surface area contributed by atoms with Crippen molar-refractivity contribution in [3.63, 3.8) is 0 Å². The summed E-state index contributed by atoms with van der Waals surface area (Å²) in [5.41, 5.74) is 11.7. The van der Waals surface area contributed by atoms with Crippen molar-refractivity contribution in [2.24, 2.45) is 0 Å². The molecule has 10 aromatic carbocycles. The highest BCUT2D eigenvalue weighted by molar-refractivity contribution is 6.09. The monoisotopic (exact) mass is 728 g/mol. The van der Waals surface area contributed by atoms with Crippen LogP contribution in [0.4, 0.5) is 34.1 Å². The van der Waals surface area contributed by atoms with Crippen molar-refractivity contribution >= 4 is 77.2 Å². The van der Waals surface area contributed by atoms with Gasteiger partial charge in [0.2, 0.25) is 0 Å². The van der Waals surface area contributed by atoms with Crippen LogP contribution in [0.1, 0.15) is 25.0 Å². The van der Waals surface area contributed by atoms with Crippen molar-refractivity contribution in [3.05, 3.63) is 217 Å². The van der Waals surface area contributed by atoms with Gasteiger partial charge in [0.25, 0.3) is 0 Å². The molecular weight excluding hydrogens is 689 g/mol. The minimum atomic E-state index is -0.292. The summed E-state index contributed by atoms with van der Waals surface area (Å²) in [5, 5.41) is 9.81. The number of hydrogen-bond donors (Lipinski definition) is 0. The Bertz CT molecular complexity index is 3190. The molecule has 1 heterocycles. The molecule has 1 aliphatic rings. The molecule has 0 amide bonds. The number of hydrogen-bond acceptors (Lipinski definition) is 2. The second-order valence-electron chi connectivity index (χ2n) is 15.8. The van der Waals surface area contributed by atoms with Crippen LogP contribution in [-0.2, 0) is 5.41 Å². The van der Waals surface area contributed by atoms with E-state index in [2.05, 4.69) is 230 Å². The zero-order chi connectivity index (χ0) is 38.1. The largest absolute Gasteiger partial charge is 0.310 e. The first-order chi connectivity index (χ1) is 28.0. The standard InChI is InChI=1S/C55H40N2/c1-55(2)49-23-11-12-24-52(49)57(54-47-22-10-8-17-40(47)29-32-48(54)43-27-26-37-14-3-5-18-41(37)34-43)53-33-31-45(36-50(53)55)56(44-30-28-38-15-4-6-19-42(38)35-44)51-25-13-20-39-16-7-9-21-46(39)51/h3-36H,1-2H3. The second kappa shape index (κ2) is 13.0. The fourth-order valence-electron chi connectivity index (χ4n) is 9.30. The Morgan fingerprint density at radius 1 is 0.386 bits per heavy atom. The van der Waals surface area contributed by atoms with Crippen molar-refractivity contribution in [2.75, 3.05) is 9.80 Å². The van der Waals surface area contributed by atoms with Crippen molar-refractivity contribution in [1.29, 1.82) is 0 Å². The van der Waals surface area contributed by atoms with E-state index < -0.39 is 0 Å². The first kappa shape index (κ1) is 33.2. The van der Waals surface area contributed by atoms with Gasteiger partial charge in [-0.05, 0) is 97.5 Å². The van der Waals surface area contributed by atoms with Gasteiger partial charge >= 0.3 is 0 Å². The number of benzene rings is 10. The molecule has 0 saturated heterocycles. The average Bonchev–Trinajstić information content (AvgIpc) is 3.26. The summed E-state index contributed by atoms with van der Waals surface area (Å²) < 4.78 is 0. The van der Waals surface area contributed by atoms with Gasteiger partial charge in [-0.25, -0.2) is 0 Å². The van der Waals surface area contributed by atoms with Crippen LogP contribution in [0.5, 0.6) is 0 Å². The SMILES string of the molecule is CC1(C)c2ccccc2N(c2c(-c3ccc4ccccc4c3)ccc3ccccc23)c2ccc(N(c3ccc4ccccc4c3)c3cccc4ccccc34)cc21. The van der Waals surface area contributed by atoms with Gasteiger partial charge in [0, 0.05) is 33.1 Å².